The smallest absolute Gasteiger partial charge is 0.138 e. The molecule has 0 aliphatic heterocycles. The normalized spacial score (nSPS) is 11.1. The molecule has 2 aromatic carbocycles. The Bertz CT molecular complexity index is 723. The van der Waals surface area contributed by atoms with Gasteiger partial charge in [-0.1, -0.05) is 29.8 Å². The fraction of sp³-hybridized carbons (Fsp3) is 0.188. The Morgan fingerprint density at radius 3 is 2.39 bits per heavy atom. The van der Waals surface area contributed by atoms with Crippen LogP contribution in [0.2, 0.25) is 0 Å². The van der Waals surface area contributed by atoms with Gasteiger partial charge in [-0.05, 0) is 44.0 Å². The monoisotopic (exact) mass is 236 g/mol. The van der Waals surface area contributed by atoms with E-state index in [9.17, 15) is 0 Å². The maximum absolute atomic E-state index is 4.66. The fourth-order valence-corrected chi connectivity index (χ4v) is 2.33. The van der Waals surface area contributed by atoms with Crippen LogP contribution in [0.4, 0.5) is 0 Å². The second kappa shape index (κ2) is 3.98. The summed E-state index contributed by atoms with van der Waals surface area (Å²) in [5, 5.41) is 0. The lowest BCUT2D eigenvalue weighted by molar-refractivity contribution is 1.29. The minimum Gasteiger partial charge on any atom is -0.338 e. The number of nitrogens with one attached hydrogen (secondary N) is 1. The van der Waals surface area contributed by atoms with Gasteiger partial charge in [0.15, 0.2) is 0 Å². The molecule has 90 valence electrons. The minimum absolute atomic E-state index is 0.952. The third-order valence-corrected chi connectivity index (χ3v) is 3.27. The Kier molecular flexibility index (Phi) is 2.44. The lowest BCUT2D eigenvalue weighted by Gasteiger charge is -2.03. The topological polar surface area (TPSA) is 28.7 Å². The number of fused-ring (bicyclic) bond motifs is 1. The van der Waals surface area contributed by atoms with Gasteiger partial charge < -0.3 is 4.98 Å². The zero-order valence-corrected chi connectivity index (χ0v) is 10.9. The maximum Gasteiger partial charge on any atom is 0.138 e. The molecule has 0 spiro atoms. The summed E-state index contributed by atoms with van der Waals surface area (Å²) < 4.78 is 0. The van der Waals surface area contributed by atoms with E-state index in [4.69, 9.17) is 0 Å². The van der Waals surface area contributed by atoms with E-state index >= 15 is 0 Å². The van der Waals surface area contributed by atoms with Crippen LogP contribution in [0.25, 0.3) is 22.4 Å². The second-order valence-corrected chi connectivity index (χ2v) is 4.92. The van der Waals surface area contributed by atoms with Crippen LogP contribution in [0.1, 0.15) is 16.7 Å². The number of aromatic amines is 1. The van der Waals surface area contributed by atoms with Crippen molar-refractivity contribution in [2.45, 2.75) is 20.8 Å². The highest BCUT2D eigenvalue weighted by atomic mass is 14.9. The Hall–Kier alpha value is -2.09. The highest BCUT2D eigenvalue weighted by molar-refractivity contribution is 5.80. The van der Waals surface area contributed by atoms with Crippen molar-refractivity contribution in [3.8, 4) is 11.4 Å². The molecule has 0 unspecified atom stereocenters. The van der Waals surface area contributed by atoms with Crippen LogP contribution in [-0.2, 0) is 0 Å². The van der Waals surface area contributed by atoms with E-state index < -0.39 is 0 Å². The van der Waals surface area contributed by atoms with Crippen molar-refractivity contribution in [1.29, 1.82) is 0 Å². The summed E-state index contributed by atoms with van der Waals surface area (Å²) in [6.07, 6.45) is 0. The standard InChI is InChI=1S/C16H16N2/c1-10-4-6-13(12(3)8-10)16-17-14-7-5-11(2)9-15(14)18-16/h4-9H,1-3H3,(H,17,18). The van der Waals surface area contributed by atoms with Crippen molar-refractivity contribution >= 4 is 11.0 Å². The van der Waals surface area contributed by atoms with Gasteiger partial charge in [-0.2, -0.15) is 0 Å². The molecule has 0 amide bonds. The highest BCUT2D eigenvalue weighted by Crippen LogP contribution is 2.24. The van der Waals surface area contributed by atoms with Gasteiger partial charge in [0.25, 0.3) is 0 Å². The Morgan fingerprint density at radius 1 is 0.889 bits per heavy atom. The Morgan fingerprint density at radius 2 is 1.61 bits per heavy atom. The minimum atomic E-state index is 0.952. The highest BCUT2D eigenvalue weighted by Gasteiger charge is 2.07. The van der Waals surface area contributed by atoms with Gasteiger partial charge in [-0.15, -0.1) is 0 Å². The molecule has 0 radical (unpaired) electrons. The largest absolute Gasteiger partial charge is 0.338 e. The molecule has 0 saturated carbocycles. The predicted octanol–water partition coefficient (Wildman–Crippen LogP) is 4.16. The SMILES string of the molecule is Cc1ccc(-c2nc3ccc(C)cc3[nH]2)c(C)c1. The van der Waals surface area contributed by atoms with E-state index in [1.165, 1.54) is 22.3 Å². The first-order valence-electron chi connectivity index (χ1n) is 6.17. The molecule has 1 N–H and O–H groups in total. The van der Waals surface area contributed by atoms with Crippen LogP contribution in [0.3, 0.4) is 0 Å². The number of hydrogen-bond donors (Lipinski definition) is 1. The fourth-order valence-electron chi connectivity index (χ4n) is 2.33. The van der Waals surface area contributed by atoms with Crippen LogP contribution < -0.4 is 0 Å². The molecule has 3 aromatic rings. The summed E-state index contributed by atoms with van der Waals surface area (Å²) in [6, 6.07) is 12.7. The Balaban J connectivity index is 2.19. The van der Waals surface area contributed by atoms with Crippen molar-refractivity contribution in [2.24, 2.45) is 0 Å². The third kappa shape index (κ3) is 1.80. The second-order valence-electron chi connectivity index (χ2n) is 4.92. The molecule has 2 heteroatoms. The van der Waals surface area contributed by atoms with Gasteiger partial charge in [-0.3, -0.25) is 0 Å². The number of H-pyrrole nitrogens is 1. The maximum atomic E-state index is 4.66. The zero-order valence-electron chi connectivity index (χ0n) is 10.9. The van der Waals surface area contributed by atoms with E-state index in [2.05, 4.69) is 67.1 Å². The lowest BCUT2D eigenvalue weighted by Crippen LogP contribution is -1.86. The van der Waals surface area contributed by atoms with Crippen LogP contribution in [0.15, 0.2) is 36.4 Å². The first-order valence-corrected chi connectivity index (χ1v) is 6.17. The summed E-state index contributed by atoms with van der Waals surface area (Å²) in [7, 11) is 0. The van der Waals surface area contributed by atoms with E-state index in [1.54, 1.807) is 0 Å². The van der Waals surface area contributed by atoms with Gasteiger partial charge in [0, 0.05) is 5.56 Å². The molecule has 3 rings (SSSR count). The molecule has 0 aliphatic carbocycles. The van der Waals surface area contributed by atoms with E-state index in [-0.39, 0.29) is 0 Å². The summed E-state index contributed by atoms with van der Waals surface area (Å²) in [5.74, 6) is 0.952. The van der Waals surface area contributed by atoms with Gasteiger partial charge in [0.2, 0.25) is 0 Å². The van der Waals surface area contributed by atoms with Crippen LogP contribution in [-0.4, -0.2) is 9.97 Å². The molecule has 0 bridgehead atoms. The summed E-state index contributed by atoms with van der Waals surface area (Å²) >= 11 is 0. The molecule has 0 fully saturated rings. The number of imidazole rings is 1. The van der Waals surface area contributed by atoms with Crippen molar-refractivity contribution in [3.63, 3.8) is 0 Å². The van der Waals surface area contributed by atoms with Crippen LogP contribution in [0, 0.1) is 20.8 Å². The molecule has 18 heavy (non-hydrogen) atoms. The molecule has 0 aliphatic rings. The zero-order chi connectivity index (χ0) is 12.7. The third-order valence-electron chi connectivity index (χ3n) is 3.27. The summed E-state index contributed by atoms with van der Waals surface area (Å²) in [4.78, 5) is 8.06. The predicted molar refractivity (Wildman–Crippen MR) is 75.7 cm³/mol. The first kappa shape index (κ1) is 11.0. The van der Waals surface area contributed by atoms with Gasteiger partial charge in [0.1, 0.15) is 5.82 Å². The average molecular weight is 236 g/mol. The number of aryl methyl sites for hydroxylation is 3. The number of nitrogens with zero attached hydrogens (tertiary/aromatic N) is 1. The van der Waals surface area contributed by atoms with Gasteiger partial charge >= 0.3 is 0 Å². The van der Waals surface area contributed by atoms with Crippen molar-refractivity contribution in [2.75, 3.05) is 0 Å². The average Bonchev–Trinajstić information content (AvgIpc) is 2.71. The van der Waals surface area contributed by atoms with Gasteiger partial charge in [-0.25, -0.2) is 4.98 Å². The van der Waals surface area contributed by atoms with E-state index in [0.29, 0.717) is 0 Å². The number of aromatic nitrogens is 2. The quantitative estimate of drug-likeness (QED) is 0.675. The van der Waals surface area contributed by atoms with E-state index in [0.717, 1.165) is 16.9 Å². The molecule has 2 nitrogen and oxygen atoms in total. The molecule has 0 saturated heterocycles. The number of benzene rings is 2. The first-order chi connectivity index (χ1) is 8.63. The van der Waals surface area contributed by atoms with Crippen molar-refractivity contribution < 1.29 is 0 Å². The molecular formula is C16H16N2. The van der Waals surface area contributed by atoms with Crippen molar-refractivity contribution in [1.82, 2.24) is 9.97 Å². The lowest BCUT2D eigenvalue weighted by atomic mass is 10.1. The van der Waals surface area contributed by atoms with Crippen molar-refractivity contribution in [3.05, 3.63) is 53.1 Å². The number of rotatable bonds is 1. The van der Waals surface area contributed by atoms with Crippen LogP contribution >= 0.6 is 0 Å². The Labute approximate surface area is 107 Å². The summed E-state index contributed by atoms with van der Waals surface area (Å²) in [5.41, 5.74) is 7.09. The molecule has 1 aromatic heterocycles. The van der Waals surface area contributed by atoms with E-state index in [1.807, 2.05) is 0 Å². The molecule has 1 heterocycles. The van der Waals surface area contributed by atoms with Gasteiger partial charge in [0.05, 0.1) is 11.0 Å². The molecule has 0 atom stereocenters. The van der Waals surface area contributed by atoms with Crippen LogP contribution in [0.5, 0.6) is 0 Å². The molecular weight excluding hydrogens is 220 g/mol. The number of hydrogen-bond acceptors (Lipinski definition) is 1. The summed E-state index contributed by atoms with van der Waals surface area (Å²) in [6.45, 7) is 6.33.